The van der Waals surface area contributed by atoms with E-state index in [1.54, 1.807) is 14.2 Å². The molecule has 1 atom stereocenters. The molecule has 0 aromatic heterocycles. The summed E-state index contributed by atoms with van der Waals surface area (Å²) in [6, 6.07) is 7.97. The molecule has 0 aliphatic carbocycles. The second-order valence-corrected chi connectivity index (χ2v) is 3.54. The second-order valence-electron chi connectivity index (χ2n) is 2.66. The lowest BCUT2D eigenvalue weighted by atomic mass is 10.1. The van der Waals surface area contributed by atoms with Crippen LogP contribution in [-0.4, -0.2) is 18.6 Å². The van der Waals surface area contributed by atoms with Crippen LogP contribution in [0.5, 0.6) is 5.75 Å². The Balaban J connectivity index is 2.86. The maximum atomic E-state index is 5.32. The SMILES string of the molecule is COc1cccc(C(CI)OC)c1. The van der Waals surface area contributed by atoms with Crippen LogP contribution in [0.4, 0.5) is 0 Å². The van der Waals surface area contributed by atoms with Gasteiger partial charge in [-0.1, -0.05) is 34.7 Å². The minimum Gasteiger partial charge on any atom is -0.497 e. The van der Waals surface area contributed by atoms with Crippen LogP contribution in [0.2, 0.25) is 0 Å². The molecular weight excluding hydrogens is 279 g/mol. The molecule has 1 unspecified atom stereocenters. The van der Waals surface area contributed by atoms with E-state index in [4.69, 9.17) is 9.47 Å². The molecule has 0 aliphatic rings. The summed E-state index contributed by atoms with van der Waals surface area (Å²) in [5.41, 5.74) is 1.16. The Hall–Kier alpha value is -0.290. The first-order chi connectivity index (χ1) is 6.31. The molecule has 0 saturated carbocycles. The van der Waals surface area contributed by atoms with Crippen molar-refractivity contribution in [2.75, 3.05) is 18.6 Å². The zero-order chi connectivity index (χ0) is 9.68. The van der Waals surface area contributed by atoms with Crippen molar-refractivity contribution in [1.82, 2.24) is 0 Å². The molecule has 0 spiro atoms. The van der Waals surface area contributed by atoms with Gasteiger partial charge in [0.25, 0.3) is 0 Å². The highest BCUT2D eigenvalue weighted by molar-refractivity contribution is 14.1. The molecule has 3 heteroatoms. The Morgan fingerprint density at radius 3 is 2.69 bits per heavy atom. The van der Waals surface area contributed by atoms with E-state index in [0.29, 0.717) is 0 Å². The molecule has 72 valence electrons. The van der Waals surface area contributed by atoms with Gasteiger partial charge in [0.2, 0.25) is 0 Å². The van der Waals surface area contributed by atoms with Crippen LogP contribution in [0.1, 0.15) is 11.7 Å². The lowest BCUT2D eigenvalue weighted by Crippen LogP contribution is -2.02. The standard InChI is InChI=1S/C10H13IO2/c1-12-9-5-3-4-8(6-9)10(7-11)13-2/h3-6,10H,7H2,1-2H3. The Bertz CT molecular complexity index is 259. The van der Waals surface area contributed by atoms with E-state index in [-0.39, 0.29) is 6.10 Å². The zero-order valence-electron chi connectivity index (χ0n) is 7.79. The normalized spacial score (nSPS) is 12.5. The van der Waals surface area contributed by atoms with Crippen LogP contribution < -0.4 is 4.74 Å². The third kappa shape index (κ3) is 2.84. The largest absolute Gasteiger partial charge is 0.497 e. The van der Waals surface area contributed by atoms with Gasteiger partial charge in [0.15, 0.2) is 0 Å². The number of alkyl halides is 1. The molecule has 0 bridgehead atoms. The molecule has 0 saturated heterocycles. The summed E-state index contributed by atoms with van der Waals surface area (Å²) in [6.07, 6.45) is 0.163. The Labute approximate surface area is 92.4 Å². The first-order valence-corrected chi connectivity index (χ1v) is 5.57. The molecule has 1 aromatic rings. The summed E-state index contributed by atoms with van der Waals surface area (Å²) in [6.45, 7) is 0. The number of methoxy groups -OCH3 is 2. The smallest absolute Gasteiger partial charge is 0.119 e. The van der Waals surface area contributed by atoms with Crippen LogP contribution in [0.15, 0.2) is 24.3 Å². The summed E-state index contributed by atoms with van der Waals surface area (Å²) < 4.78 is 11.4. The van der Waals surface area contributed by atoms with E-state index >= 15 is 0 Å². The van der Waals surface area contributed by atoms with E-state index in [1.165, 1.54) is 0 Å². The number of ether oxygens (including phenoxy) is 2. The lowest BCUT2D eigenvalue weighted by Gasteiger charge is -2.13. The van der Waals surface area contributed by atoms with Gasteiger partial charge < -0.3 is 9.47 Å². The van der Waals surface area contributed by atoms with Gasteiger partial charge >= 0.3 is 0 Å². The predicted molar refractivity (Wildman–Crippen MR) is 61.6 cm³/mol. The van der Waals surface area contributed by atoms with E-state index in [2.05, 4.69) is 28.7 Å². The fourth-order valence-electron chi connectivity index (χ4n) is 1.13. The number of hydrogen-bond donors (Lipinski definition) is 0. The number of halogens is 1. The minimum absolute atomic E-state index is 0.163. The monoisotopic (exact) mass is 292 g/mol. The highest BCUT2D eigenvalue weighted by Gasteiger charge is 2.08. The third-order valence-corrected chi connectivity index (χ3v) is 2.69. The van der Waals surface area contributed by atoms with Crippen molar-refractivity contribution in [3.63, 3.8) is 0 Å². The summed E-state index contributed by atoms with van der Waals surface area (Å²) in [4.78, 5) is 0. The molecule has 1 rings (SSSR count). The van der Waals surface area contributed by atoms with Gasteiger partial charge in [-0.15, -0.1) is 0 Å². The average Bonchev–Trinajstić information content (AvgIpc) is 2.20. The van der Waals surface area contributed by atoms with Crippen LogP contribution in [-0.2, 0) is 4.74 Å². The quantitative estimate of drug-likeness (QED) is 0.627. The van der Waals surface area contributed by atoms with Crippen molar-refractivity contribution in [2.45, 2.75) is 6.10 Å². The van der Waals surface area contributed by atoms with Crippen molar-refractivity contribution in [3.05, 3.63) is 29.8 Å². The van der Waals surface area contributed by atoms with E-state index in [1.807, 2.05) is 18.2 Å². The number of benzene rings is 1. The van der Waals surface area contributed by atoms with Crippen LogP contribution >= 0.6 is 22.6 Å². The van der Waals surface area contributed by atoms with Crippen molar-refractivity contribution >= 4 is 22.6 Å². The summed E-state index contributed by atoms with van der Waals surface area (Å²) in [5, 5.41) is 0. The first kappa shape index (κ1) is 10.8. The fraction of sp³-hybridized carbons (Fsp3) is 0.400. The van der Waals surface area contributed by atoms with Gasteiger partial charge in [-0.05, 0) is 17.7 Å². The third-order valence-electron chi connectivity index (χ3n) is 1.89. The molecule has 0 radical (unpaired) electrons. The number of hydrogen-bond acceptors (Lipinski definition) is 2. The highest BCUT2D eigenvalue weighted by Crippen LogP contribution is 2.22. The topological polar surface area (TPSA) is 18.5 Å². The molecular formula is C10H13IO2. The predicted octanol–water partition coefficient (Wildman–Crippen LogP) is 2.82. The summed E-state index contributed by atoms with van der Waals surface area (Å²) in [7, 11) is 3.40. The molecule has 0 fully saturated rings. The fourth-order valence-corrected chi connectivity index (χ4v) is 2.00. The van der Waals surface area contributed by atoms with Gasteiger partial charge in [0.05, 0.1) is 13.2 Å². The van der Waals surface area contributed by atoms with Crippen LogP contribution in [0.25, 0.3) is 0 Å². The van der Waals surface area contributed by atoms with Crippen molar-refractivity contribution in [2.24, 2.45) is 0 Å². The lowest BCUT2D eigenvalue weighted by molar-refractivity contribution is 0.125. The van der Waals surface area contributed by atoms with Gasteiger partial charge in [-0.25, -0.2) is 0 Å². The molecule has 0 heterocycles. The van der Waals surface area contributed by atoms with Crippen LogP contribution in [0.3, 0.4) is 0 Å². The van der Waals surface area contributed by atoms with E-state index < -0.39 is 0 Å². The van der Waals surface area contributed by atoms with Gasteiger partial charge in [-0.3, -0.25) is 0 Å². The van der Waals surface area contributed by atoms with E-state index in [9.17, 15) is 0 Å². The molecule has 1 aromatic carbocycles. The summed E-state index contributed by atoms with van der Waals surface area (Å²) >= 11 is 2.31. The van der Waals surface area contributed by atoms with Crippen molar-refractivity contribution in [3.8, 4) is 5.75 Å². The Morgan fingerprint density at radius 1 is 1.38 bits per heavy atom. The highest BCUT2D eigenvalue weighted by atomic mass is 127. The Kier molecular flexibility index (Phi) is 4.52. The molecule has 13 heavy (non-hydrogen) atoms. The van der Waals surface area contributed by atoms with Crippen molar-refractivity contribution < 1.29 is 9.47 Å². The molecule has 0 N–H and O–H groups in total. The first-order valence-electron chi connectivity index (χ1n) is 4.04. The molecule has 0 amide bonds. The van der Waals surface area contributed by atoms with Gasteiger partial charge in [0.1, 0.15) is 5.75 Å². The number of rotatable bonds is 4. The maximum Gasteiger partial charge on any atom is 0.119 e. The molecule has 0 aliphatic heterocycles. The van der Waals surface area contributed by atoms with E-state index in [0.717, 1.165) is 15.7 Å². The van der Waals surface area contributed by atoms with Crippen LogP contribution in [0, 0.1) is 0 Å². The van der Waals surface area contributed by atoms with Gasteiger partial charge in [-0.2, -0.15) is 0 Å². The second kappa shape index (κ2) is 5.44. The molecule has 2 nitrogen and oxygen atoms in total. The minimum atomic E-state index is 0.163. The summed E-state index contributed by atoms with van der Waals surface area (Å²) in [5.74, 6) is 0.879. The Morgan fingerprint density at radius 2 is 2.15 bits per heavy atom. The zero-order valence-corrected chi connectivity index (χ0v) is 9.95. The van der Waals surface area contributed by atoms with Crippen molar-refractivity contribution in [1.29, 1.82) is 0 Å². The van der Waals surface area contributed by atoms with Gasteiger partial charge in [0, 0.05) is 11.5 Å². The average molecular weight is 292 g/mol. The maximum absolute atomic E-state index is 5.32.